The molecule has 1 aromatic heterocycles. The molecule has 0 saturated carbocycles. The number of ether oxygens (including phenoxy) is 1. The Labute approximate surface area is 227 Å². The quantitative estimate of drug-likeness (QED) is 0.384. The fourth-order valence-electron chi connectivity index (χ4n) is 5.32. The number of hydrogen-bond acceptors (Lipinski definition) is 7. The van der Waals surface area contributed by atoms with Crippen LogP contribution in [0.5, 0.6) is 5.75 Å². The smallest absolute Gasteiger partial charge is 0.321 e. The summed E-state index contributed by atoms with van der Waals surface area (Å²) in [5.74, 6) is 6.88. The van der Waals surface area contributed by atoms with E-state index in [-0.39, 0.29) is 31.3 Å². The van der Waals surface area contributed by atoms with Crippen LogP contribution in [-0.2, 0) is 0 Å². The molecule has 2 aliphatic heterocycles. The molecular weight excluding hydrogens is 496 g/mol. The van der Waals surface area contributed by atoms with Gasteiger partial charge in [0.2, 0.25) is 0 Å². The molecule has 2 fully saturated rings. The van der Waals surface area contributed by atoms with Crippen LogP contribution >= 0.6 is 0 Å². The standard InChI is InChI=1S/C30H32N4O5/c1-39-26-12-10-23(11-13-26)32-30(38)33-17-24-15-25(19-35)34(24)28(29(37)27(36)18-33)22-8-6-20(7-9-22)4-5-21-3-2-14-31-16-21/h2-3,6-14,16,24-25,27-29,35-37H,15,17-19H2,1H3,(H,32,38)/t24-,25+,27+,28?,29+/m1/s1. The van der Waals surface area contributed by atoms with Crippen LogP contribution in [0.3, 0.4) is 0 Å². The number of nitrogens with one attached hydrogen (secondary N) is 1. The zero-order valence-electron chi connectivity index (χ0n) is 21.6. The molecule has 9 nitrogen and oxygen atoms in total. The van der Waals surface area contributed by atoms with E-state index in [1.807, 2.05) is 41.3 Å². The third kappa shape index (κ3) is 5.90. The molecule has 5 atom stereocenters. The average molecular weight is 529 g/mol. The van der Waals surface area contributed by atoms with Gasteiger partial charge in [-0.1, -0.05) is 24.0 Å². The second-order valence-electron chi connectivity index (χ2n) is 9.85. The zero-order chi connectivity index (χ0) is 27.4. The minimum absolute atomic E-state index is 0.0253. The molecule has 2 amide bonds. The van der Waals surface area contributed by atoms with E-state index in [0.29, 0.717) is 24.4 Å². The summed E-state index contributed by atoms with van der Waals surface area (Å²) in [6.07, 6.45) is 1.71. The van der Waals surface area contributed by atoms with E-state index >= 15 is 0 Å². The second kappa shape index (κ2) is 11.8. The molecule has 2 aromatic carbocycles. The highest BCUT2D eigenvalue weighted by Gasteiger charge is 2.49. The number of aromatic nitrogens is 1. The van der Waals surface area contributed by atoms with Crippen LogP contribution < -0.4 is 10.1 Å². The number of aliphatic hydroxyl groups excluding tert-OH is 3. The van der Waals surface area contributed by atoms with Crippen LogP contribution in [0, 0.1) is 11.8 Å². The van der Waals surface area contributed by atoms with E-state index in [1.54, 1.807) is 43.8 Å². The van der Waals surface area contributed by atoms with Gasteiger partial charge in [-0.05, 0) is 60.5 Å². The molecule has 0 radical (unpaired) electrons. The van der Waals surface area contributed by atoms with Crippen molar-refractivity contribution in [2.45, 2.75) is 36.8 Å². The molecule has 3 aromatic rings. The van der Waals surface area contributed by atoms with Gasteiger partial charge in [0.1, 0.15) is 11.9 Å². The Kier molecular flexibility index (Phi) is 8.10. The summed E-state index contributed by atoms with van der Waals surface area (Å²) in [4.78, 5) is 20.7. The Morgan fingerprint density at radius 1 is 1.05 bits per heavy atom. The number of nitrogens with zero attached hydrogens (tertiary/aromatic N) is 3. The predicted octanol–water partition coefficient (Wildman–Crippen LogP) is 2.24. The summed E-state index contributed by atoms with van der Waals surface area (Å²) in [7, 11) is 1.57. The van der Waals surface area contributed by atoms with E-state index in [2.05, 4.69) is 22.1 Å². The Balaban J connectivity index is 1.34. The normalized spacial score (nSPS) is 24.7. The summed E-state index contributed by atoms with van der Waals surface area (Å²) in [5, 5.41) is 35.2. The van der Waals surface area contributed by atoms with Gasteiger partial charge < -0.3 is 30.3 Å². The summed E-state index contributed by atoms with van der Waals surface area (Å²) in [5.41, 5.74) is 3.03. The molecule has 0 aliphatic carbocycles. The molecule has 5 rings (SSSR count). The summed E-state index contributed by atoms with van der Waals surface area (Å²) in [6, 6.07) is 17.1. The number of pyridine rings is 1. The van der Waals surface area contributed by atoms with Crippen molar-refractivity contribution in [3.63, 3.8) is 0 Å². The molecule has 0 spiro atoms. The van der Waals surface area contributed by atoms with E-state index in [1.165, 1.54) is 4.90 Å². The van der Waals surface area contributed by atoms with E-state index in [0.717, 1.165) is 16.7 Å². The Morgan fingerprint density at radius 3 is 2.46 bits per heavy atom. The first-order chi connectivity index (χ1) is 19.0. The minimum atomic E-state index is -1.19. The van der Waals surface area contributed by atoms with Crippen molar-refractivity contribution in [2.75, 3.05) is 32.1 Å². The van der Waals surface area contributed by atoms with Crippen molar-refractivity contribution < 1.29 is 24.9 Å². The van der Waals surface area contributed by atoms with Crippen molar-refractivity contribution in [1.29, 1.82) is 0 Å². The van der Waals surface area contributed by atoms with Gasteiger partial charge in [0, 0.05) is 47.8 Å². The van der Waals surface area contributed by atoms with Crippen molar-refractivity contribution in [3.8, 4) is 17.6 Å². The summed E-state index contributed by atoms with van der Waals surface area (Å²) in [6.45, 7) is 0.248. The Hall–Kier alpha value is -3.94. The Morgan fingerprint density at radius 2 is 1.79 bits per heavy atom. The summed E-state index contributed by atoms with van der Waals surface area (Å²) >= 11 is 0. The first kappa shape index (κ1) is 26.7. The number of methoxy groups -OCH3 is 1. The van der Waals surface area contributed by atoms with Crippen molar-refractivity contribution in [1.82, 2.24) is 14.8 Å². The number of aliphatic hydroxyl groups is 3. The predicted molar refractivity (Wildman–Crippen MR) is 146 cm³/mol. The molecule has 2 aliphatic rings. The number of anilines is 1. The third-order valence-corrected chi connectivity index (χ3v) is 7.37. The first-order valence-corrected chi connectivity index (χ1v) is 12.9. The number of rotatable bonds is 4. The van der Waals surface area contributed by atoms with Gasteiger partial charge >= 0.3 is 6.03 Å². The van der Waals surface area contributed by atoms with Gasteiger partial charge in [0.25, 0.3) is 0 Å². The van der Waals surface area contributed by atoms with Gasteiger partial charge in [-0.15, -0.1) is 0 Å². The van der Waals surface area contributed by atoms with Crippen molar-refractivity contribution in [3.05, 3.63) is 89.7 Å². The molecular formula is C30H32N4O5. The number of amides is 2. The molecule has 39 heavy (non-hydrogen) atoms. The zero-order valence-corrected chi connectivity index (χ0v) is 21.6. The van der Waals surface area contributed by atoms with Crippen LogP contribution in [0.1, 0.15) is 29.2 Å². The molecule has 4 N–H and O–H groups in total. The number of carbonyl (C=O) groups excluding carboxylic acids is 1. The van der Waals surface area contributed by atoms with E-state index < -0.39 is 18.2 Å². The number of fused-ring (bicyclic) bond motifs is 1. The van der Waals surface area contributed by atoms with Gasteiger partial charge in [-0.2, -0.15) is 0 Å². The highest BCUT2D eigenvalue weighted by atomic mass is 16.5. The molecule has 2 saturated heterocycles. The number of β-amino-alcohol motifs (C(OH)–C–C–N with tert-alkyl or cyclic N) is 1. The lowest BCUT2D eigenvalue weighted by atomic mass is 9.83. The van der Waals surface area contributed by atoms with Crippen LogP contribution in [0.4, 0.5) is 10.5 Å². The Bertz CT molecular complexity index is 1320. The number of carbonyl (C=O) groups is 1. The maximum atomic E-state index is 13.1. The molecule has 1 unspecified atom stereocenters. The van der Waals surface area contributed by atoms with Gasteiger partial charge in [-0.25, -0.2) is 4.79 Å². The maximum Gasteiger partial charge on any atom is 0.321 e. The second-order valence-corrected chi connectivity index (χ2v) is 9.85. The summed E-state index contributed by atoms with van der Waals surface area (Å²) < 4.78 is 5.17. The van der Waals surface area contributed by atoms with E-state index in [4.69, 9.17) is 4.74 Å². The lowest BCUT2D eigenvalue weighted by Gasteiger charge is -2.56. The average Bonchev–Trinajstić information content (AvgIpc) is 2.96. The topological polar surface area (TPSA) is 118 Å². The molecule has 202 valence electrons. The third-order valence-electron chi connectivity index (χ3n) is 7.37. The van der Waals surface area contributed by atoms with Gasteiger partial charge in [0.15, 0.2) is 0 Å². The van der Waals surface area contributed by atoms with Crippen LogP contribution in [-0.4, -0.2) is 87.2 Å². The van der Waals surface area contributed by atoms with Crippen molar-refractivity contribution >= 4 is 11.7 Å². The maximum absolute atomic E-state index is 13.1. The lowest BCUT2D eigenvalue weighted by Crippen LogP contribution is -2.67. The van der Waals surface area contributed by atoms with E-state index in [9.17, 15) is 20.1 Å². The number of urea groups is 1. The minimum Gasteiger partial charge on any atom is -0.497 e. The lowest BCUT2D eigenvalue weighted by molar-refractivity contribution is -0.138. The largest absolute Gasteiger partial charge is 0.497 e. The van der Waals surface area contributed by atoms with Crippen LogP contribution in [0.25, 0.3) is 0 Å². The number of benzene rings is 2. The molecule has 3 heterocycles. The monoisotopic (exact) mass is 528 g/mol. The fourth-order valence-corrected chi connectivity index (χ4v) is 5.32. The van der Waals surface area contributed by atoms with Gasteiger partial charge in [-0.3, -0.25) is 9.88 Å². The highest BCUT2D eigenvalue weighted by molar-refractivity contribution is 5.89. The first-order valence-electron chi connectivity index (χ1n) is 12.9. The molecule has 9 heteroatoms. The van der Waals surface area contributed by atoms with Crippen molar-refractivity contribution in [2.24, 2.45) is 0 Å². The van der Waals surface area contributed by atoms with Crippen LogP contribution in [0.15, 0.2) is 73.1 Å². The highest BCUT2D eigenvalue weighted by Crippen LogP contribution is 2.40. The van der Waals surface area contributed by atoms with Crippen LogP contribution in [0.2, 0.25) is 0 Å². The SMILES string of the molecule is COc1ccc(NC(=O)N2C[C@H]3C[C@@H](CO)N3C(c3ccc(C#Cc4cccnc4)cc3)[C@@H](O)[C@@H](O)C2)cc1. The van der Waals surface area contributed by atoms with Gasteiger partial charge in [0.05, 0.1) is 32.4 Å². The number of hydrogen-bond donors (Lipinski definition) is 4. The molecule has 0 bridgehead atoms. The fraction of sp³-hybridized carbons (Fsp3) is 0.333.